The fraction of sp³-hybridized carbons (Fsp3) is 0.273. The maximum absolute atomic E-state index is 15.2. The summed E-state index contributed by atoms with van der Waals surface area (Å²) in [6.45, 7) is 2.20. The Hall–Kier alpha value is -3.10. The largest absolute Gasteiger partial charge is 0.467 e. The molecule has 0 saturated carbocycles. The van der Waals surface area contributed by atoms with Crippen molar-refractivity contribution in [2.75, 3.05) is 14.2 Å². The second-order valence-electron chi connectivity index (χ2n) is 7.24. The summed E-state index contributed by atoms with van der Waals surface area (Å²) in [5, 5.41) is 21.9. The van der Waals surface area contributed by atoms with E-state index in [9.17, 15) is 24.2 Å². The Morgan fingerprint density at radius 2 is 1.40 bits per heavy atom. The highest BCUT2D eigenvalue weighted by atomic mass is 19.1. The topological polar surface area (TPSA) is 93.1 Å². The lowest BCUT2D eigenvalue weighted by Crippen LogP contribution is -2.35. The first-order valence-electron chi connectivity index (χ1n) is 8.94. The van der Waals surface area contributed by atoms with Crippen molar-refractivity contribution in [3.63, 3.8) is 0 Å². The monoisotopic (exact) mass is 418 g/mol. The highest BCUT2D eigenvalue weighted by Crippen LogP contribution is 2.38. The summed E-state index contributed by atoms with van der Waals surface area (Å²) in [5.74, 6) is -4.37. The maximum atomic E-state index is 15.2. The van der Waals surface area contributed by atoms with E-state index in [1.165, 1.54) is 31.2 Å². The number of halogens is 2. The zero-order valence-electron chi connectivity index (χ0n) is 16.7. The molecule has 3 aromatic rings. The smallest absolute Gasteiger partial charge is 0.342 e. The van der Waals surface area contributed by atoms with Gasteiger partial charge < -0.3 is 19.7 Å². The number of rotatable bonds is 4. The van der Waals surface area contributed by atoms with Crippen LogP contribution in [0.1, 0.15) is 25.0 Å². The van der Waals surface area contributed by atoms with Crippen LogP contribution in [-0.2, 0) is 30.3 Å². The van der Waals surface area contributed by atoms with Crippen molar-refractivity contribution in [3.05, 3.63) is 59.2 Å². The van der Waals surface area contributed by atoms with Gasteiger partial charge in [-0.15, -0.1) is 0 Å². The van der Waals surface area contributed by atoms with E-state index in [1.807, 2.05) is 0 Å². The summed E-state index contributed by atoms with van der Waals surface area (Å²) in [6.07, 6.45) is 0. The van der Waals surface area contributed by atoms with Gasteiger partial charge in [0.15, 0.2) is 11.2 Å². The fourth-order valence-corrected chi connectivity index (χ4v) is 3.65. The molecule has 30 heavy (non-hydrogen) atoms. The van der Waals surface area contributed by atoms with Crippen molar-refractivity contribution in [1.82, 2.24) is 0 Å². The van der Waals surface area contributed by atoms with Gasteiger partial charge in [-0.2, -0.15) is 0 Å². The number of hydrogen-bond acceptors (Lipinski definition) is 6. The Labute approximate surface area is 170 Å². The third-order valence-electron chi connectivity index (χ3n) is 5.25. The van der Waals surface area contributed by atoms with Crippen LogP contribution >= 0.6 is 0 Å². The quantitative estimate of drug-likeness (QED) is 0.500. The molecule has 3 rings (SSSR count). The van der Waals surface area contributed by atoms with Crippen molar-refractivity contribution >= 4 is 33.5 Å². The number of methoxy groups -OCH3 is 2. The molecule has 0 aliphatic heterocycles. The molecule has 0 aliphatic carbocycles. The molecule has 0 fully saturated rings. The number of ether oxygens (including phenoxy) is 2. The lowest BCUT2D eigenvalue weighted by atomic mass is 9.87. The van der Waals surface area contributed by atoms with E-state index in [-0.39, 0.29) is 16.3 Å². The molecular formula is C22H20F2O6. The van der Waals surface area contributed by atoms with Gasteiger partial charge in [0, 0.05) is 10.9 Å². The van der Waals surface area contributed by atoms with Crippen LogP contribution in [-0.4, -0.2) is 36.4 Å². The minimum absolute atomic E-state index is 0.0575. The Morgan fingerprint density at radius 3 is 2.00 bits per heavy atom. The molecule has 0 aliphatic rings. The average molecular weight is 418 g/mol. The molecule has 6 nitrogen and oxygen atoms in total. The molecule has 158 valence electrons. The highest BCUT2D eigenvalue weighted by Gasteiger charge is 2.40. The molecule has 0 aromatic heterocycles. The van der Waals surface area contributed by atoms with Gasteiger partial charge in [0.2, 0.25) is 0 Å². The number of fused-ring (bicyclic) bond motifs is 3. The Balaban J connectivity index is 2.37. The van der Waals surface area contributed by atoms with Crippen LogP contribution in [0.15, 0.2) is 36.4 Å². The lowest BCUT2D eigenvalue weighted by Gasteiger charge is -2.24. The predicted octanol–water partition coefficient (Wildman–Crippen LogP) is 3.03. The SMILES string of the molecule is COC(=O)C(C)(O)c1c(F)cc2c(ccc3c(C(C)(O)C(=O)OC)cccc32)c1F. The summed E-state index contributed by atoms with van der Waals surface area (Å²) < 4.78 is 39.2. The van der Waals surface area contributed by atoms with Crippen LogP contribution in [0.5, 0.6) is 0 Å². The van der Waals surface area contributed by atoms with Crippen LogP contribution < -0.4 is 0 Å². The molecule has 0 bridgehead atoms. The minimum Gasteiger partial charge on any atom is -0.467 e. The third-order valence-corrected chi connectivity index (χ3v) is 5.25. The number of esters is 2. The third kappa shape index (κ3) is 3.09. The first-order valence-corrected chi connectivity index (χ1v) is 8.94. The van der Waals surface area contributed by atoms with Gasteiger partial charge in [0.25, 0.3) is 0 Å². The maximum Gasteiger partial charge on any atom is 0.342 e. The van der Waals surface area contributed by atoms with E-state index in [0.29, 0.717) is 10.8 Å². The molecule has 0 saturated heterocycles. The van der Waals surface area contributed by atoms with E-state index in [0.717, 1.165) is 27.2 Å². The van der Waals surface area contributed by atoms with Gasteiger partial charge in [-0.1, -0.05) is 30.3 Å². The zero-order chi connectivity index (χ0) is 22.4. The van der Waals surface area contributed by atoms with E-state index in [2.05, 4.69) is 9.47 Å². The molecule has 0 heterocycles. The van der Waals surface area contributed by atoms with Crippen LogP contribution in [0.4, 0.5) is 8.78 Å². The number of carbonyl (C=O) groups excluding carboxylic acids is 2. The Bertz CT molecular complexity index is 1180. The second-order valence-corrected chi connectivity index (χ2v) is 7.24. The molecule has 0 amide bonds. The van der Waals surface area contributed by atoms with E-state index < -0.39 is 40.3 Å². The van der Waals surface area contributed by atoms with Crippen LogP contribution in [0.25, 0.3) is 21.5 Å². The van der Waals surface area contributed by atoms with E-state index in [1.54, 1.807) is 6.07 Å². The number of hydrogen-bond donors (Lipinski definition) is 2. The molecular weight excluding hydrogens is 398 g/mol. The summed E-state index contributed by atoms with van der Waals surface area (Å²) in [7, 11) is 2.13. The predicted molar refractivity (Wildman–Crippen MR) is 105 cm³/mol. The van der Waals surface area contributed by atoms with Gasteiger partial charge >= 0.3 is 11.9 Å². The first kappa shape index (κ1) is 21.6. The van der Waals surface area contributed by atoms with Crippen LogP contribution in [0, 0.1) is 11.6 Å². The lowest BCUT2D eigenvalue weighted by molar-refractivity contribution is -0.162. The summed E-state index contributed by atoms with van der Waals surface area (Å²) >= 11 is 0. The first-order chi connectivity index (χ1) is 14.0. The number of carbonyl (C=O) groups is 2. The van der Waals surface area contributed by atoms with Crippen LogP contribution in [0.3, 0.4) is 0 Å². The van der Waals surface area contributed by atoms with Crippen molar-refractivity contribution in [3.8, 4) is 0 Å². The van der Waals surface area contributed by atoms with Crippen molar-refractivity contribution < 1.29 is 38.1 Å². The highest BCUT2D eigenvalue weighted by molar-refractivity contribution is 6.10. The van der Waals surface area contributed by atoms with E-state index >= 15 is 4.39 Å². The number of benzene rings is 3. The van der Waals surface area contributed by atoms with Gasteiger partial charge in [-0.3, -0.25) is 0 Å². The Morgan fingerprint density at radius 1 is 0.833 bits per heavy atom. The summed E-state index contributed by atoms with van der Waals surface area (Å²) in [6, 6.07) is 8.38. The molecule has 2 N–H and O–H groups in total. The standard InChI is InChI=1S/C22H20F2O6/c1-21(27,19(25)29-3)15-7-5-6-11-12(15)8-9-13-14(11)10-16(23)17(18(13)24)22(2,28)20(26)30-4/h5-10,27-28H,1-4H3. The van der Waals surface area contributed by atoms with Gasteiger partial charge in [0.1, 0.15) is 11.6 Å². The molecule has 3 aromatic carbocycles. The molecule has 0 spiro atoms. The van der Waals surface area contributed by atoms with Crippen molar-refractivity contribution in [2.24, 2.45) is 0 Å². The zero-order valence-corrected chi connectivity index (χ0v) is 16.7. The molecule has 0 radical (unpaired) electrons. The summed E-state index contributed by atoms with van der Waals surface area (Å²) in [4.78, 5) is 23.9. The average Bonchev–Trinajstić information content (AvgIpc) is 2.71. The van der Waals surface area contributed by atoms with Gasteiger partial charge in [0.05, 0.1) is 19.8 Å². The minimum atomic E-state index is -2.54. The fourth-order valence-electron chi connectivity index (χ4n) is 3.65. The summed E-state index contributed by atoms with van der Waals surface area (Å²) in [5.41, 5.74) is -5.17. The second kappa shape index (κ2) is 7.30. The van der Waals surface area contributed by atoms with Crippen molar-refractivity contribution in [1.29, 1.82) is 0 Å². The van der Waals surface area contributed by atoms with Crippen LogP contribution in [0.2, 0.25) is 0 Å². The van der Waals surface area contributed by atoms with E-state index in [4.69, 9.17) is 0 Å². The normalized spacial score (nSPS) is 15.5. The Kier molecular flexibility index (Phi) is 5.26. The molecule has 2 unspecified atom stereocenters. The molecule has 8 heteroatoms. The van der Waals surface area contributed by atoms with Crippen molar-refractivity contribution in [2.45, 2.75) is 25.0 Å². The number of aliphatic hydroxyl groups is 2. The molecule has 2 atom stereocenters. The van der Waals surface area contributed by atoms with Gasteiger partial charge in [-0.25, -0.2) is 18.4 Å². The van der Waals surface area contributed by atoms with Gasteiger partial charge in [-0.05, 0) is 36.1 Å².